The predicted octanol–water partition coefficient (Wildman–Crippen LogP) is 3.95. The van der Waals surface area contributed by atoms with Crippen molar-refractivity contribution in [3.05, 3.63) is 66.0 Å². The summed E-state index contributed by atoms with van der Waals surface area (Å²) in [5.74, 6) is 0.869. The minimum atomic E-state index is -0.210. The van der Waals surface area contributed by atoms with Gasteiger partial charge in [0.15, 0.2) is 0 Å². The Morgan fingerprint density at radius 2 is 1.92 bits per heavy atom. The molecule has 138 valence electrons. The highest BCUT2D eigenvalue weighted by molar-refractivity contribution is 7.99. The molecule has 1 aliphatic heterocycles. The van der Waals surface area contributed by atoms with Crippen molar-refractivity contribution in [2.75, 3.05) is 25.4 Å². The van der Waals surface area contributed by atoms with Gasteiger partial charge in [-0.05, 0) is 49.2 Å². The normalized spacial score (nSPS) is 17.8. The molecule has 1 amide bonds. The number of piperidine rings is 1. The minimum Gasteiger partial charge on any atom is -0.355 e. The van der Waals surface area contributed by atoms with E-state index in [4.69, 9.17) is 0 Å². The summed E-state index contributed by atoms with van der Waals surface area (Å²) in [6, 6.07) is 16.9. The summed E-state index contributed by atoms with van der Waals surface area (Å²) >= 11 is 1.76. The van der Waals surface area contributed by atoms with Crippen LogP contribution in [-0.4, -0.2) is 36.2 Å². The first-order valence-corrected chi connectivity index (χ1v) is 10.1. The summed E-state index contributed by atoms with van der Waals surface area (Å²) in [6.07, 6.45) is 1.97. The maximum atomic E-state index is 13.0. The maximum Gasteiger partial charge on any atom is 0.224 e. The first kappa shape index (κ1) is 18.9. The standard InChI is InChI=1S/C21H25FN2OS/c22-19-10-8-17(9-11-19)15-24-13-4-5-18(16-24)21(25)23-12-14-26-20-6-2-1-3-7-20/h1-3,6-11,18H,4-5,12-16H2,(H,23,25)/t18-/m1/s1. The van der Waals surface area contributed by atoms with Gasteiger partial charge in [0, 0.05) is 30.3 Å². The molecular formula is C21H25FN2OS. The highest BCUT2D eigenvalue weighted by Crippen LogP contribution is 2.19. The Morgan fingerprint density at radius 3 is 2.69 bits per heavy atom. The number of hydrogen-bond acceptors (Lipinski definition) is 3. The Balaban J connectivity index is 1.40. The van der Waals surface area contributed by atoms with E-state index in [9.17, 15) is 9.18 Å². The number of halogens is 1. The average Bonchev–Trinajstić information content (AvgIpc) is 2.68. The molecular weight excluding hydrogens is 347 g/mol. The van der Waals surface area contributed by atoms with Gasteiger partial charge in [-0.2, -0.15) is 0 Å². The second kappa shape index (κ2) is 9.74. The van der Waals surface area contributed by atoms with Gasteiger partial charge in [0.1, 0.15) is 5.82 Å². The number of carbonyl (C=O) groups excluding carboxylic acids is 1. The highest BCUT2D eigenvalue weighted by Gasteiger charge is 2.25. The van der Waals surface area contributed by atoms with Crippen LogP contribution in [0.1, 0.15) is 18.4 Å². The van der Waals surface area contributed by atoms with E-state index < -0.39 is 0 Å². The minimum absolute atomic E-state index is 0.0472. The highest BCUT2D eigenvalue weighted by atomic mass is 32.2. The summed E-state index contributed by atoms with van der Waals surface area (Å²) in [6.45, 7) is 3.22. The Hall–Kier alpha value is -1.85. The number of thioether (sulfide) groups is 1. The molecule has 1 saturated heterocycles. The molecule has 1 fully saturated rings. The van der Waals surface area contributed by atoms with Crippen LogP contribution in [0.25, 0.3) is 0 Å². The quantitative estimate of drug-likeness (QED) is 0.590. The van der Waals surface area contributed by atoms with Crippen molar-refractivity contribution in [3.63, 3.8) is 0 Å². The number of nitrogens with one attached hydrogen (secondary N) is 1. The van der Waals surface area contributed by atoms with Crippen molar-refractivity contribution >= 4 is 17.7 Å². The van der Waals surface area contributed by atoms with E-state index in [1.165, 1.54) is 17.0 Å². The molecule has 1 N–H and O–H groups in total. The average molecular weight is 373 g/mol. The third-order valence-electron chi connectivity index (χ3n) is 4.61. The molecule has 1 aliphatic rings. The molecule has 2 aromatic carbocycles. The zero-order chi connectivity index (χ0) is 18.2. The second-order valence-electron chi connectivity index (χ2n) is 6.65. The summed E-state index contributed by atoms with van der Waals surface area (Å²) in [4.78, 5) is 16.0. The number of carbonyl (C=O) groups is 1. The zero-order valence-electron chi connectivity index (χ0n) is 14.9. The lowest BCUT2D eigenvalue weighted by molar-refractivity contribution is -0.126. The molecule has 0 bridgehead atoms. The summed E-state index contributed by atoms with van der Waals surface area (Å²) < 4.78 is 13.0. The van der Waals surface area contributed by atoms with E-state index in [0.717, 1.165) is 43.8 Å². The van der Waals surface area contributed by atoms with Crippen LogP contribution in [-0.2, 0) is 11.3 Å². The number of amides is 1. The van der Waals surface area contributed by atoms with E-state index in [2.05, 4.69) is 22.3 Å². The van der Waals surface area contributed by atoms with Crippen molar-refractivity contribution in [3.8, 4) is 0 Å². The van der Waals surface area contributed by atoms with Crippen LogP contribution >= 0.6 is 11.8 Å². The molecule has 0 radical (unpaired) electrons. The lowest BCUT2D eigenvalue weighted by Crippen LogP contribution is -2.43. The molecule has 0 spiro atoms. The summed E-state index contributed by atoms with van der Waals surface area (Å²) in [5, 5.41) is 3.08. The monoisotopic (exact) mass is 372 g/mol. The van der Waals surface area contributed by atoms with Gasteiger partial charge in [-0.25, -0.2) is 4.39 Å². The van der Waals surface area contributed by atoms with Gasteiger partial charge in [-0.15, -0.1) is 11.8 Å². The van der Waals surface area contributed by atoms with Crippen molar-refractivity contribution < 1.29 is 9.18 Å². The molecule has 0 aliphatic carbocycles. The fourth-order valence-corrected chi connectivity index (χ4v) is 4.05. The molecule has 3 rings (SSSR count). The molecule has 2 aromatic rings. The van der Waals surface area contributed by atoms with Crippen molar-refractivity contribution in [1.29, 1.82) is 0 Å². The van der Waals surface area contributed by atoms with Gasteiger partial charge in [0.05, 0.1) is 5.92 Å². The lowest BCUT2D eigenvalue weighted by Gasteiger charge is -2.32. The molecule has 26 heavy (non-hydrogen) atoms. The maximum absolute atomic E-state index is 13.0. The van der Waals surface area contributed by atoms with E-state index >= 15 is 0 Å². The van der Waals surface area contributed by atoms with Crippen LogP contribution in [0, 0.1) is 11.7 Å². The number of benzene rings is 2. The van der Waals surface area contributed by atoms with Crippen LogP contribution in [0.2, 0.25) is 0 Å². The predicted molar refractivity (Wildman–Crippen MR) is 105 cm³/mol. The van der Waals surface area contributed by atoms with E-state index in [0.29, 0.717) is 6.54 Å². The Bertz CT molecular complexity index is 693. The smallest absolute Gasteiger partial charge is 0.224 e. The number of likely N-dealkylation sites (tertiary alicyclic amines) is 1. The molecule has 3 nitrogen and oxygen atoms in total. The van der Waals surface area contributed by atoms with E-state index in [-0.39, 0.29) is 17.6 Å². The fourth-order valence-electron chi connectivity index (χ4n) is 3.27. The molecule has 0 saturated carbocycles. The van der Waals surface area contributed by atoms with Crippen LogP contribution in [0.4, 0.5) is 4.39 Å². The SMILES string of the molecule is O=C(NCCSc1ccccc1)[C@@H]1CCCN(Cc2ccc(F)cc2)C1. The van der Waals surface area contributed by atoms with Crippen molar-refractivity contribution in [2.24, 2.45) is 5.92 Å². The number of rotatable bonds is 7. The number of hydrogen-bond donors (Lipinski definition) is 1. The molecule has 1 atom stereocenters. The largest absolute Gasteiger partial charge is 0.355 e. The molecule has 0 aromatic heterocycles. The Kier molecular flexibility index (Phi) is 7.09. The van der Waals surface area contributed by atoms with Gasteiger partial charge in [-0.1, -0.05) is 30.3 Å². The van der Waals surface area contributed by atoms with Crippen molar-refractivity contribution in [1.82, 2.24) is 10.2 Å². The summed E-state index contributed by atoms with van der Waals surface area (Å²) in [5.41, 5.74) is 1.09. The molecule has 5 heteroatoms. The third-order valence-corrected chi connectivity index (χ3v) is 5.62. The first-order chi connectivity index (χ1) is 12.7. The van der Waals surface area contributed by atoms with E-state index in [1.807, 2.05) is 30.3 Å². The second-order valence-corrected chi connectivity index (χ2v) is 7.82. The number of nitrogens with zero attached hydrogens (tertiary/aromatic N) is 1. The van der Waals surface area contributed by atoms with Gasteiger partial charge in [0.25, 0.3) is 0 Å². The van der Waals surface area contributed by atoms with Gasteiger partial charge in [-0.3, -0.25) is 9.69 Å². The zero-order valence-corrected chi connectivity index (χ0v) is 15.7. The van der Waals surface area contributed by atoms with Gasteiger partial charge < -0.3 is 5.32 Å². The Morgan fingerprint density at radius 1 is 1.15 bits per heavy atom. The topological polar surface area (TPSA) is 32.3 Å². The Labute approximate surface area is 159 Å². The summed E-state index contributed by atoms with van der Waals surface area (Å²) in [7, 11) is 0. The molecule has 0 unspecified atom stereocenters. The lowest BCUT2D eigenvalue weighted by atomic mass is 9.96. The van der Waals surface area contributed by atoms with Crippen LogP contribution in [0.3, 0.4) is 0 Å². The van der Waals surface area contributed by atoms with Gasteiger partial charge in [0.2, 0.25) is 5.91 Å². The van der Waals surface area contributed by atoms with Crippen LogP contribution in [0.5, 0.6) is 0 Å². The molecule has 1 heterocycles. The third kappa shape index (κ3) is 5.85. The van der Waals surface area contributed by atoms with Crippen LogP contribution in [0.15, 0.2) is 59.5 Å². The van der Waals surface area contributed by atoms with Gasteiger partial charge >= 0.3 is 0 Å². The fraction of sp³-hybridized carbons (Fsp3) is 0.381. The van der Waals surface area contributed by atoms with E-state index in [1.54, 1.807) is 11.8 Å². The van der Waals surface area contributed by atoms with Crippen molar-refractivity contribution in [2.45, 2.75) is 24.3 Å². The first-order valence-electron chi connectivity index (χ1n) is 9.13. The van der Waals surface area contributed by atoms with Crippen LogP contribution < -0.4 is 5.32 Å².